The summed E-state index contributed by atoms with van der Waals surface area (Å²) in [5, 5.41) is 10.5. The monoisotopic (exact) mass is 836 g/mol. The van der Waals surface area contributed by atoms with E-state index in [1.807, 2.05) is 5.38 Å². The van der Waals surface area contributed by atoms with Crippen LogP contribution < -0.4 is 20.9 Å². The van der Waals surface area contributed by atoms with E-state index in [4.69, 9.17) is 28.4 Å². The third-order valence-corrected chi connectivity index (χ3v) is 9.23. The molecule has 58 heavy (non-hydrogen) atoms. The molecule has 3 N–H and O–H groups in total. The zero-order chi connectivity index (χ0) is 41.5. The summed E-state index contributed by atoms with van der Waals surface area (Å²) >= 11 is 1.50. The van der Waals surface area contributed by atoms with Gasteiger partial charge in [-0.2, -0.15) is 0 Å². The van der Waals surface area contributed by atoms with E-state index in [2.05, 4.69) is 25.8 Å². The van der Waals surface area contributed by atoms with Crippen LogP contribution in [0.25, 0.3) is 0 Å². The van der Waals surface area contributed by atoms with Crippen molar-refractivity contribution in [2.45, 2.75) is 19.8 Å². The number of aromatic nitrogens is 1. The molecular formula is C38H50F2N6O11S. The maximum absolute atomic E-state index is 14.1. The molecule has 0 radical (unpaired) electrons. The number of rotatable bonds is 27. The fourth-order valence-corrected chi connectivity index (χ4v) is 6.24. The molecule has 2 aliphatic heterocycles. The average Bonchev–Trinajstić information content (AvgIpc) is 3.79. The second-order valence-electron chi connectivity index (χ2n) is 12.5. The van der Waals surface area contributed by atoms with Gasteiger partial charge in [-0.15, -0.1) is 11.3 Å². The summed E-state index contributed by atoms with van der Waals surface area (Å²) in [7, 11) is 0. The van der Waals surface area contributed by atoms with Crippen molar-refractivity contribution in [3.63, 3.8) is 0 Å². The summed E-state index contributed by atoms with van der Waals surface area (Å²) in [6.45, 7) is 5.74. The van der Waals surface area contributed by atoms with Crippen LogP contribution in [0.4, 0.5) is 19.6 Å². The van der Waals surface area contributed by atoms with Crippen molar-refractivity contribution >= 4 is 51.7 Å². The molecule has 4 rings (SSSR count). The third-order valence-electron chi connectivity index (χ3n) is 8.28. The van der Waals surface area contributed by atoms with Gasteiger partial charge in [0.1, 0.15) is 19.8 Å². The molecule has 17 nitrogen and oxygen atoms in total. The number of imide groups is 2. The number of nitrogens with zero attached hydrogens (tertiary/aromatic N) is 3. The lowest BCUT2D eigenvalue weighted by atomic mass is 10.1. The molecule has 318 valence electrons. The molecule has 20 heteroatoms. The Hall–Kier alpha value is -4.70. The van der Waals surface area contributed by atoms with Crippen molar-refractivity contribution in [2.24, 2.45) is 0 Å². The first kappa shape index (κ1) is 46.0. The molecule has 1 saturated heterocycles. The Labute approximate surface area is 339 Å². The highest BCUT2D eigenvalue weighted by atomic mass is 32.1. The second kappa shape index (κ2) is 25.6. The van der Waals surface area contributed by atoms with Crippen LogP contribution in [0, 0.1) is 0 Å². The zero-order valence-corrected chi connectivity index (χ0v) is 33.2. The van der Waals surface area contributed by atoms with E-state index in [1.54, 1.807) is 19.1 Å². The summed E-state index contributed by atoms with van der Waals surface area (Å²) in [5.74, 6) is -5.14. The average molecular weight is 837 g/mol. The SMILES string of the molecule is CCC(=O)NC(=O)CN1C(=O)c2cccc(NCCOCCOCCOCCOCCNC(=O)COC/C(F)=C(F)\C=C/Cc3csc(N4CCOCC4)n3)c2C1=O. The molecule has 0 saturated carbocycles. The number of allylic oxidation sites excluding steroid dienone is 3. The van der Waals surface area contributed by atoms with E-state index in [-0.39, 0.29) is 30.7 Å². The highest BCUT2D eigenvalue weighted by Crippen LogP contribution is 2.29. The van der Waals surface area contributed by atoms with Crippen LogP contribution in [0.15, 0.2) is 47.4 Å². The van der Waals surface area contributed by atoms with Gasteiger partial charge in [-0.1, -0.05) is 19.1 Å². The Morgan fingerprint density at radius 1 is 0.862 bits per heavy atom. The van der Waals surface area contributed by atoms with Gasteiger partial charge < -0.3 is 44.0 Å². The third kappa shape index (κ3) is 15.6. The molecule has 1 aromatic carbocycles. The molecule has 5 amide bonds. The molecule has 3 heterocycles. The smallest absolute Gasteiger partial charge is 0.264 e. The normalized spacial score (nSPS) is 14.5. The van der Waals surface area contributed by atoms with E-state index in [0.717, 1.165) is 34.9 Å². The van der Waals surface area contributed by atoms with E-state index >= 15 is 0 Å². The number of ether oxygens (including phenoxy) is 6. The summed E-state index contributed by atoms with van der Waals surface area (Å²) < 4.78 is 60.3. The number of amides is 5. The van der Waals surface area contributed by atoms with Gasteiger partial charge in [0.25, 0.3) is 11.8 Å². The molecule has 2 aromatic rings. The minimum atomic E-state index is -1.11. The molecule has 2 aliphatic rings. The van der Waals surface area contributed by atoms with Crippen LogP contribution in [-0.4, -0.2) is 151 Å². The fraction of sp³-hybridized carbons (Fsp3) is 0.526. The standard InChI is InChI=1S/C38H50F2N6O11S/c1-2-32(47)44-33(48)23-46-36(50)28-6-4-8-31(35(28)37(46)51)41-9-13-52-17-19-55-21-22-56-20-18-53-14-10-42-34(49)25-57-24-30(40)29(39)7-3-5-27-26-58-38(43-27)45-11-15-54-16-12-45/h3-4,6-8,26,41H,2,5,9-25H2,1H3,(H,42,49)(H,44,47,48)/b7-3-,30-29-. The quantitative estimate of drug-likeness (QED) is 0.0673. The lowest BCUT2D eigenvalue weighted by Crippen LogP contribution is -2.42. The van der Waals surface area contributed by atoms with E-state index in [9.17, 15) is 32.8 Å². The molecule has 0 unspecified atom stereocenters. The van der Waals surface area contributed by atoms with Gasteiger partial charge in [-0.25, -0.2) is 13.8 Å². The number of halogens is 2. The van der Waals surface area contributed by atoms with Crippen molar-refractivity contribution in [2.75, 3.05) is 122 Å². The van der Waals surface area contributed by atoms with Crippen molar-refractivity contribution in [3.8, 4) is 0 Å². The number of thiazole rings is 1. The largest absolute Gasteiger partial charge is 0.382 e. The maximum atomic E-state index is 14.1. The molecule has 0 atom stereocenters. The van der Waals surface area contributed by atoms with E-state index in [0.29, 0.717) is 78.1 Å². The topological polar surface area (TPSA) is 196 Å². The highest BCUT2D eigenvalue weighted by molar-refractivity contribution is 7.13. The van der Waals surface area contributed by atoms with Crippen LogP contribution >= 0.6 is 11.3 Å². The van der Waals surface area contributed by atoms with Crippen LogP contribution in [0.5, 0.6) is 0 Å². The zero-order valence-electron chi connectivity index (χ0n) is 32.4. The number of carbonyl (C=O) groups excluding carboxylic acids is 5. The highest BCUT2D eigenvalue weighted by Gasteiger charge is 2.38. The number of morpholine rings is 1. The molecule has 0 aliphatic carbocycles. The first-order valence-corrected chi connectivity index (χ1v) is 19.7. The van der Waals surface area contributed by atoms with Crippen molar-refractivity contribution in [1.82, 2.24) is 20.5 Å². The molecule has 0 bridgehead atoms. The molecular weight excluding hydrogens is 787 g/mol. The van der Waals surface area contributed by atoms with Crippen molar-refractivity contribution < 1.29 is 61.2 Å². The van der Waals surface area contributed by atoms with Gasteiger partial charge in [-0.3, -0.25) is 34.2 Å². The molecule has 1 fully saturated rings. The number of hydrogen-bond acceptors (Lipinski definition) is 15. The number of nitrogens with one attached hydrogen (secondary N) is 3. The second-order valence-corrected chi connectivity index (χ2v) is 13.4. The van der Waals surface area contributed by atoms with Gasteiger partial charge in [0.05, 0.1) is 82.9 Å². The first-order valence-electron chi connectivity index (χ1n) is 18.9. The lowest BCUT2D eigenvalue weighted by molar-refractivity contribution is -0.130. The molecule has 0 spiro atoms. The number of carbonyl (C=O) groups is 5. The lowest BCUT2D eigenvalue weighted by Gasteiger charge is -2.25. The number of fused-ring (bicyclic) bond motifs is 1. The Morgan fingerprint density at radius 3 is 2.22 bits per heavy atom. The van der Waals surface area contributed by atoms with Crippen LogP contribution in [0.2, 0.25) is 0 Å². The van der Waals surface area contributed by atoms with Gasteiger partial charge in [0.15, 0.2) is 16.8 Å². The maximum Gasteiger partial charge on any atom is 0.264 e. The molecule has 1 aromatic heterocycles. The summed E-state index contributed by atoms with van der Waals surface area (Å²) in [4.78, 5) is 68.6. The summed E-state index contributed by atoms with van der Waals surface area (Å²) in [6.07, 6.45) is 2.95. The Kier molecular flexibility index (Phi) is 20.3. The van der Waals surface area contributed by atoms with E-state index in [1.165, 1.54) is 23.5 Å². The van der Waals surface area contributed by atoms with E-state index < -0.39 is 60.9 Å². The Bertz CT molecular complexity index is 1740. The van der Waals surface area contributed by atoms with Gasteiger partial charge >= 0.3 is 0 Å². The van der Waals surface area contributed by atoms with Crippen LogP contribution in [0.3, 0.4) is 0 Å². The number of benzene rings is 1. The minimum Gasteiger partial charge on any atom is -0.382 e. The minimum absolute atomic E-state index is 0.0954. The predicted molar refractivity (Wildman–Crippen MR) is 208 cm³/mol. The van der Waals surface area contributed by atoms with Crippen LogP contribution in [0.1, 0.15) is 39.8 Å². The predicted octanol–water partition coefficient (Wildman–Crippen LogP) is 2.19. The van der Waals surface area contributed by atoms with Gasteiger partial charge in [0.2, 0.25) is 17.7 Å². The van der Waals surface area contributed by atoms with Crippen molar-refractivity contribution in [3.05, 3.63) is 64.2 Å². The fourth-order valence-electron chi connectivity index (χ4n) is 5.35. The summed E-state index contributed by atoms with van der Waals surface area (Å²) in [5.41, 5.74) is 1.52. The van der Waals surface area contributed by atoms with Crippen LogP contribution in [-0.2, 0) is 49.2 Å². The first-order chi connectivity index (χ1) is 28.2. The van der Waals surface area contributed by atoms with Crippen molar-refractivity contribution in [1.29, 1.82) is 0 Å². The number of hydrogen-bond donors (Lipinski definition) is 3. The Balaban J connectivity index is 0.930. The number of anilines is 2. The van der Waals surface area contributed by atoms with Gasteiger partial charge in [-0.05, 0) is 18.2 Å². The Morgan fingerprint density at radius 2 is 1.53 bits per heavy atom. The summed E-state index contributed by atoms with van der Waals surface area (Å²) in [6, 6.07) is 4.79. The van der Waals surface area contributed by atoms with Gasteiger partial charge in [0, 0.05) is 50.1 Å².